The number of benzene rings is 1. The predicted molar refractivity (Wildman–Crippen MR) is 81.0 cm³/mol. The van der Waals surface area contributed by atoms with Crippen molar-refractivity contribution in [1.29, 1.82) is 0 Å². The van der Waals surface area contributed by atoms with E-state index in [-0.39, 0.29) is 5.56 Å². The first-order chi connectivity index (χ1) is 9.54. The second kappa shape index (κ2) is 4.90. The second-order valence-electron chi connectivity index (χ2n) is 4.89. The number of aromatic nitrogens is 2. The number of rotatable bonds is 2. The molecular weight excluding hydrogens is 320 g/mol. The summed E-state index contributed by atoms with van der Waals surface area (Å²) in [6.45, 7) is 4.21. The van der Waals surface area contributed by atoms with E-state index in [2.05, 4.69) is 21.1 Å². The Morgan fingerprint density at radius 1 is 1.25 bits per heavy atom. The number of pyridine rings is 1. The Bertz CT molecular complexity index is 849. The molecule has 3 rings (SSSR count). The third-order valence-electron chi connectivity index (χ3n) is 3.20. The molecule has 0 N–H and O–H groups in total. The molecule has 0 radical (unpaired) electrons. The molecule has 0 aliphatic heterocycles. The third kappa shape index (κ3) is 2.29. The molecule has 4 nitrogen and oxygen atoms in total. The van der Waals surface area contributed by atoms with Crippen LogP contribution in [0.5, 0.6) is 0 Å². The van der Waals surface area contributed by atoms with Crippen LogP contribution in [0.25, 0.3) is 10.8 Å². The lowest BCUT2D eigenvalue weighted by molar-refractivity contribution is 0.372. The van der Waals surface area contributed by atoms with Gasteiger partial charge in [0, 0.05) is 27.5 Å². The molecule has 20 heavy (non-hydrogen) atoms. The molecule has 0 bridgehead atoms. The summed E-state index contributed by atoms with van der Waals surface area (Å²) in [6.07, 6.45) is 1.79. The van der Waals surface area contributed by atoms with Gasteiger partial charge in [-0.3, -0.25) is 4.79 Å². The van der Waals surface area contributed by atoms with Crippen molar-refractivity contribution in [2.24, 2.45) is 0 Å². The minimum Gasteiger partial charge on any atom is -0.359 e. The maximum Gasteiger partial charge on any atom is 0.258 e. The average Bonchev–Trinajstić information content (AvgIpc) is 2.81. The van der Waals surface area contributed by atoms with Crippen molar-refractivity contribution in [3.05, 3.63) is 62.3 Å². The standard InChI is InChI=1S/C15H13BrN2O2/c1-9-3-4-12-13(5-9)15(19)18(8-14(12)16)7-11-6-10(2)17-20-11/h3-6,8H,7H2,1-2H3. The van der Waals surface area contributed by atoms with Gasteiger partial charge in [-0.1, -0.05) is 22.9 Å². The largest absolute Gasteiger partial charge is 0.359 e. The van der Waals surface area contributed by atoms with Gasteiger partial charge in [0.05, 0.1) is 12.2 Å². The van der Waals surface area contributed by atoms with Crippen LogP contribution in [0.2, 0.25) is 0 Å². The number of aryl methyl sites for hydroxylation is 2. The Morgan fingerprint density at radius 2 is 2.05 bits per heavy atom. The third-order valence-corrected chi connectivity index (χ3v) is 3.83. The molecule has 0 amide bonds. The van der Waals surface area contributed by atoms with E-state index in [0.29, 0.717) is 17.7 Å². The van der Waals surface area contributed by atoms with Crippen LogP contribution < -0.4 is 5.56 Å². The molecule has 0 atom stereocenters. The highest BCUT2D eigenvalue weighted by Gasteiger charge is 2.09. The lowest BCUT2D eigenvalue weighted by atomic mass is 10.1. The second-order valence-corrected chi connectivity index (χ2v) is 5.75. The molecule has 5 heteroatoms. The molecule has 1 aromatic carbocycles. The zero-order valence-electron chi connectivity index (χ0n) is 11.2. The Balaban J connectivity index is 2.16. The highest BCUT2D eigenvalue weighted by molar-refractivity contribution is 9.10. The Hall–Kier alpha value is -1.88. The molecule has 0 spiro atoms. The van der Waals surface area contributed by atoms with E-state index in [9.17, 15) is 4.79 Å². The molecule has 102 valence electrons. The maximum absolute atomic E-state index is 12.5. The van der Waals surface area contributed by atoms with Crippen LogP contribution >= 0.6 is 15.9 Å². The molecule has 3 aromatic rings. The highest BCUT2D eigenvalue weighted by atomic mass is 79.9. The number of nitrogens with zero attached hydrogens (tertiary/aromatic N) is 2. The summed E-state index contributed by atoms with van der Waals surface area (Å²) in [7, 11) is 0. The molecule has 0 saturated heterocycles. The average molecular weight is 333 g/mol. The molecule has 2 aromatic heterocycles. The van der Waals surface area contributed by atoms with Crippen LogP contribution in [0.1, 0.15) is 17.0 Å². The van der Waals surface area contributed by atoms with Crippen molar-refractivity contribution in [1.82, 2.24) is 9.72 Å². The van der Waals surface area contributed by atoms with Crippen LogP contribution in [0, 0.1) is 13.8 Å². The predicted octanol–water partition coefficient (Wildman–Crippen LogP) is 3.42. The summed E-state index contributed by atoms with van der Waals surface area (Å²) < 4.78 is 7.70. The van der Waals surface area contributed by atoms with E-state index in [0.717, 1.165) is 21.1 Å². The smallest absolute Gasteiger partial charge is 0.258 e. The van der Waals surface area contributed by atoms with Crippen LogP contribution in [0.4, 0.5) is 0 Å². The van der Waals surface area contributed by atoms with Gasteiger partial charge in [0.15, 0.2) is 5.76 Å². The number of fused-ring (bicyclic) bond motifs is 1. The molecule has 0 unspecified atom stereocenters. The first-order valence-electron chi connectivity index (χ1n) is 6.26. The minimum atomic E-state index is -0.0269. The first-order valence-corrected chi connectivity index (χ1v) is 7.05. The van der Waals surface area contributed by atoms with E-state index < -0.39 is 0 Å². The van der Waals surface area contributed by atoms with Crippen molar-refractivity contribution >= 4 is 26.7 Å². The van der Waals surface area contributed by atoms with E-state index in [4.69, 9.17) is 4.52 Å². The van der Waals surface area contributed by atoms with Gasteiger partial charge in [0.1, 0.15) is 0 Å². The Morgan fingerprint density at radius 3 is 2.75 bits per heavy atom. The summed E-state index contributed by atoms with van der Waals surface area (Å²) in [5.74, 6) is 0.670. The molecule has 2 heterocycles. The van der Waals surface area contributed by atoms with Crippen LogP contribution in [-0.2, 0) is 6.54 Å². The summed E-state index contributed by atoms with van der Waals surface area (Å²) in [5, 5.41) is 5.47. The molecular formula is C15H13BrN2O2. The van der Waals surface area contributed by atoms with Gasteiger partial charge in [0.25, 0.3) is 5.56 Å². The highest BCUT2D eigenvalue weighted by Crippen LogP contribution is 2.22. The quantitative estimate of drug-likeness (QED) is 0.722. The Kier molecular flexibility index (Phi) is 3.22. The van der Waals surface area contributed by atoms with Crippen molar-refractivity contribution in [2.75, 3.05) is 0 Å². The normalized spacial score (nSPS) is 11.2. The van der Waals surface area contributed by atoms with Gasteiger partial charge in [-0.05, 0) is 35.8 Å². The zero-order chi connectivity index (χ0) is 14.3. The van der Waals surface area contributed by atoms with Crippen molar-refractivity contribution < 1.29 is 4.52 Å². The van der Waals surface area contributed by atoms with Crippen LogP contribution in [0.3, 0.4) is 0 Å². The van der Waals surface area contributed by atoms with Gasteiger partial charge in [0.2, 0.25) is 0 Å². The summed E-state index contributed by atoms with van der Waals surface area (Å²) >= 11 is 3.52. The lowest BCUT2D eigenvalue weighted by Gasteiger charge is -2.08. The van der Waals surface area contributed by atoms with Gasteiger partial charge in [-0.15, -0.1) is 0 Å². The van der Waals surface area contributed by atoms with E-state index in [1.165, 1.54) is 0 Å². The molecule has 0 fully saturated rings. The summed E-state index contributed by atoms with van der Waals surface area (Å²) in [6, 6.07) is 7.70. The van der Waals surface area contributed by atoms with E-state index in [1.807, 2.05) is 38.1 Å². The van der Waals surface area contributed by atoms with E-state index >= 15 is 0 Å². The topological polar surface area (TPSA) is 48.0 Å². The SMILES string of the molecule is Cc1ccc2c(Br)cn(Cc3cc(C)no3)c(=O)c2c1. The molecule has 0 aliphatic carbocycles. The minimum absolute atomic E-state index is 0.0269. The number of hydrogen-bond acceptors (Lipinski definition) is 3. The first kappa shape index (κ1) is 13.1. The fourth-order valence-electron chi connectivity index (χ4n) is 2.24. The maximum atomic E-state index is 12.5. The monoisotopic (exact) mass is 332 g/mol. The molecule has 0 aliphatic rings. The zero-order valence-corrected chi connectivity index (χ0v) is 12.8. The van der Waals surface area contributed by atoms with Crippen LogP contribution in [0.15, 0.2) is 44.3 Å². The lowest BCUT2D eigenvalue weighted by Crippen LogP contribution is -2.20. The van der Waals surface area contributed by atoms with Crippen molar-refractivity contribution in [2.45, 2.75) is 20.4 Å². The van der Waals surface area contributed by atoms with E-state index in [1.54, 1.807) is 10.8 Å². The summed E-state index contributed by atoms with van der Waals surface area (Å²) in [5.41, 5.74) is 1.85. The Labute approximate surface area is 124 Å². The van der Waals surface area contributed by atoms with Crippen LogP contribution in [-0.4, -0.2) is 9.72 Å². The van der Waals surface area contributed by atoms with Crippen molar-refractivity contribution in [3.8, 4) is 0 Å². The van der Waals surface area contributed by atoms with Gasteiger partial charge >= 0.3 is 0 Å². The van der Waals surface area contributed by atoms with Crippen molar-refractivity contribution in [3.63, 3.8) is 0 Å². The fourth-order valence-corrected chi connectivity index (χ4v) is 2.83. The molecule has 0 saturated carbocycles. The van der Waals surface area contributed by atoms with Gasteiger partial charge in [-0.25, -0.2) is 0 Å². The number of hydrogen-bond donors (Lipinski definition) is 0. The fraction of sp³-hybridized carbons (Fsp3) is 0.200. The van der Waals surface area contributed by atoms with Gasteiger partial charge in [-0.2, -0.15) is 0 Å². The number of halogens is 1. The van der Waals surface area contributed by atoms with Gasteiger partial charge < -0.3 is 9.09 Å². The summed E-state index contributed by atoms with van der Waals surface area (Å²) in [4.78, 5) is 12.5.